The molecule has 0 radical (unpaired) electrons. The topological polar surface area (TPSA) is 61.8 Å². The molecule has 0 N–H and O–H groups in total. The third-order valence-corrected chi connectivity index (χ3v) is 9.65. The molecule has 4 fully saturated rings. The third-order valence-electron chi connectivity index (χ3n) is 7.70. The number of benzene rings is 2. The van der Waals surface area contributed by atoms with Gasteiger partial charge in [0, 0.05) is 18.1 Å². The van der Waals surface area contributed by atoms with Gasteiger partial charge in [0.05, 0.1) is 16.8 Å². The van der Waals surface area contributed by atoms with Crippen molar-refractivity contribution in [2.45, 2.75) is 61.5 Å². The minimum atomic E-state index is -0.414. The predicted octanol–water partition coefficient (Wildman–Crippen LogP) is 6.25. The van der Waals surface area contributed by atoms with Crippen molar-refractivity contribution in [2.24, 2.45) is 17.8 Å². The molecule has 198 valence electrons. The number of carbonyl (C=O) groups is 2. The number of hydrogen-bond donors (Lipinski definition) is 0. The van der Waals surface area contributed by atoms with E-state index < -0.39 is 5.97 Å². The van der Waals surface area contributed by atoms with Crippen LogP contribution in [0, 0.1) is 31.6 Å². The second-order valence-corrected chi connectivity index (χ2v) is 12.4. The van der Waals surface area contributed by atoms with Crippen molar-refractivity contribution >= 4 is 22.8 Å². The van der Waals surface area contributed by atoms with Crippen LogP contribution in [0.2, 0.25) is 0 Å². The largest absolute Gasteiger partial charge is 0.481 e. The second kappa shape index (κ2) is 11.6. The molecule has 38 heavy (non-hydrogen) atoms. The number of allylic oxidation sites excluding steroid dienone is 4. The van der Waals surface area contributed by atoms with E-state index in [4.69, 9.17) is 14.2 Å². The minimum Gasteiger partial charge on any atom is -0.481 e. The van der Waals surface area contributed by atoms with Crippen molar-refractivity contribution in [3.8, 4) is 5.75 Å². The zero-order chi connectivity index (χ0) is 26.6. The Kier molecular flexibility index (Phi) is 8.08. The van der Waals surface area contributed by atoms with Crippen molar-refractivity contribution in [3.63, 3.8) is 0 Å². The van der Waals surface area contributed by atoms with Gasteiger partial charge in [0.25, 0.3) is 0 Å². The first-order valence-corrected chi connectivity index (χ1v) is 14.6. The molecule has 6 unspecified atom stereocenters. The molecule has 2 saturated carbocycles. The molecule has 2 heterocycles. The highest BCUT2D eigenvalue weighted by Crippen LogP contribution is 2.48. The van der Waals surface area contributed by atoms with Crippen LogP contribution in [0.4, 0.5) is 0 Å². The molecule has 2 aromatic carbocycles. The maximum absolute atomic E-state index is 12.8. The SMILES string of the molecule is C=C/C=C\C=C\[S+](c1ccccc1)c1cc(C)c(OCC(=O)OC2C3CC4CC(C3)C(=O)OC2C4)c(C)c1. The number of carbonyl (C=O) groups excluding carboxylic acids is 2. The van der Waals surface area contributed by atoms with Crippen molar-refractivity contribution in [3.05, 3.63) is 89.9 Å². The quantitative estimate of drug-likeness (QED) is 0.218. The fraction of sp³-hybridized carbons (Fsp3) is 0.375. The maximum atomic E-state index is 12.8. The Hall–Kier alpha value is -3.25. The average molecular weight is 532 g/mol. The van der Waals surface area contributed by atoms with Crippen LogP contribution in [0.1, 0.15) is 36.8 Å². The molecule has 6 atom stereocenters. The monoisotopic (exact) mass is 531 g/mol. The summed E-state index contributed by atoms with van der Waals surface area (Å²) >= 11 is 0. The van der Waals surface area contributed by atoms with Crippen LogP contribution in [0.3, 0.4) is 0 Å². The van der Waals surface area contributed by atoms with E-state index in [0.29, 0.717) is 11.7 Å². The van der Waals surface area contributed by atoms with Crippen LogP contribution >= 0.6 is 0 Å². The lowest BCUT2D eigenvalue weighted by Crippen LogP contribution is -2.45. The van der Waals surface area contributed by atoms with Crippen LogP contribution in [0.25, 0.3) is 0 Å². The summed E-state index contributed by atoms with van der Waals surface area (Å²) < 4.78 is 17.6. The number of rotatable bonds is 9. The van der Waals surface area contributed by atoms with Crippen LogP contribution in [-0.2, 0) is 30.0 Å². The molecule has 0 spiro atoms. The number of fused-ring (bicyclic) bond motifs is 1. The van der Waals surface area contributed by atoms with E-state index in [1.54, 1.807) is 6.08 Å². The number of hydrogen-bond acceptors (Lipinski definition) is 5. The fourth-order valence-corrected chi connectivity index (χ4v) is 8.04. The summed E-state index contributed by atoms with van der Waals surface area (Å²) in [6, 6.07) is 14.7. The van der Waals surface area contributed by atoms with Gasteiger partial charge in [-0.25, -0.2) is 4.79 Å². The predicted molar refractivity (Wildman–Crippen MR) is 149 cm³/mol. The molecule has 6 rings (SSSR count). The highest BCUT2D eigenvalue weighted by molar-refractivity contribution is 7.99. The number of esters is 2. The summed E-state index contributed by atoms with van der Waals surface area (Å²) in [5.74, 6) is 0.818. The van der Waals surface area contributed by atoms with Gasteiger partial charge in [-0.15, -0.1) is 0 Å². The lowest BCUT2D eigenvalue weighted by molar-refractivity contribution is -0.174. The Morgan fingerprint density at radius 2 is 1.79 bits per heavy atom. The molecule has 0 aromatic heterocycles. The first-order valence-electron chi connectivity index (χ1n) is 13.3. The first kappa shape index (κ1) is 26.4. The van der Waals surface area contributed by atoms with E-state index in [2.05, 4.69) is 48.4 Å². The van der Waals surface area contributed by atoms with Gasteiger partial charge in [0.1, 0.15) is 23.4 Å². The third kappa shape index (κ3) is 5.75. The smallest absolute Gasteiger partial charge is 0.344 e. The minimum absolute atomic E-state index is 0.0409. The van der Waals surface area contributed by atoms with Gasteiger partial charge in [0.2, 0.25) is 0 Å². The summed E-state index contributed by atoms with van der Waals surface area (Å²) in [6.07, 6.45) is 10.5. The summed E-state index contributed by atoms with van der Waals surface area (Å²) in [5.41, 5.74) is 1.94. The van der Waals surface area contributed by atoms with Gasteiger partial charge < -0.3 is 14.2 Å². The van der Waals surface area contributed by atoms with Crippen LogP contribution in [-0.4, -0.2) is 30.8 Å². The van der Waals surface area contributed by atoms with Gasteiger partial charge in [-0.3, -0.25) is 4.79 Å². The lowest BCUT2D eigenvalue weighted by atomic mass is 9.67. The Morgan fingerprint density at radius 3 is 2.53 bits per heavy atom. The Labute approximate surface area is 227 Å². The standard InChI is InChI=1S/C32H35O5S/c1-4-5-6-10-13-38(26-11-8-7-9-12-26)27-14-21(2)30(22(3)15-27)35-20-29(33)37-31-24-16-23-17-25(19-24)32(34)36-28(31)18-23/h4-15,23-25,28,31H,1,16-20H2,2-3H3/q+1/b6-5-,13-10+. The number of aryl methyl sites for hydroxylation is 2. The van der Waals surface area contributed by atoms with E-state index in [1.807, 2.05) is 38.1 Å². The molecule has 2 aliphatic heterocycles. The molecule has 2 saturated heterocycles. The van der Waals surface area contributed by atoms with E-state index in [0.717, 1.165) is 36.8 Å². The zero-order valence-corrected chi connectivity index (χ0v) is 22.8. The molecule has 2 aliphatic carbocycles. The highest BCUT2D eigenvalue weighted by Gasteiger charge is 2.51. The van der Waals surface area contributed by atoms with E-state index in [1.165, 1.54) is 9.79 Å². The van der Waals surface area contributed by atoms with E-state index >= 15 is 0 Å². The molecule has 0 amide bonds. The van der Waals surface area contributed by atoms with E-state index in [9.17, 15) is 9.59 Å². The summed E-state index contributed by atoms with van der Waals surface area (Å²) in [6.45, 7) is 7.57. The van der Waals surface area contributed by atoms with Gasteiger partial charge in [0.15, 0.2) is 16.4 Å². The molecular formula is C32H35O5S+. The molecule has 6 heteroatoms. The summed E-state index contributed by atoms with van der Waals surface area (Å²) in [4.78, 5) is 27.6. The number of ether oxygens (including phenoxy) is 3. The Morgan fingerprint density at radius 1 is 1.03 bits per heavy atom. The van der Waals surface area contributed by atoms with Crippen LogP contribution in [0.15, 0.2) is 88.5 Å². The van der Waals surface area contributed by atoms with Crippen molar-refractivity contribution in [1.82, 2.24) is 0 Å². The van der Waals surface area contributed by atoms with Gasteiger partial charge in [-0.1, -0.05) is 43.0 Å². The van der Waals surface area contributed by atoms with Crippen LogP contribution < -0.4 is 4.74 Å². The van der Waals surface area contributed by atoms with Gasteiger partial charge in [-0.05, 0) is 74.8 Å². The maximum Gasteiger partial charge on any atom is 0.344 e. The van der Waals surface area contributed by atoms with Crippen LogP contribution in [0.5, 0.6) is 5.75 Å². The van der Waals surface area contributed by atoms with Gasteiger partial charge >= 0.3 is 11.9 Å². The summed E-state index contributed by atoms with van der Waals surface area (Å²) in [5, 5.41) is 2.20. The van der Waals surface area contributed by atoms with Crippen molar-refractivity contribution in [2.75, 3.05) is 6.61 Å². The average Bonchev–Trinajstić information content (AvgIpc) is 3.06. The lowest BCUT2D eigenvalue weighted by Gasteiger charge is -2.41. The molecule has 4 aliphatic rings. The van der Waals surface area contributed by atoms with E-state index in [-0.39, 0.29) is 47.5 Å². The van der Waals surface area contributed by atoms with Crippen molar-refractivity contribution < 1.29 is 23.8 Å². The second-order valence-electron chi connectivity index (χ2n) is 10.5. The highest BCUT2D eigenvalue weighted by atomic mass is 32.2. The molecular weight excluding hydrogens is 496 g/mol. The van der Waals surface area contributed by atoms with Crippen molar-refractivity contribution in [1.29, 1.82) is 0 Å². The molecule has 5 nitrogen and oxygen atoms in total. The Bertz CT molecular complexity index is 1230. The normalized spacial score (nSPS) is 26.8. The zero-order valence-electron chi connectivity index (χ0n) is 22.0. The van der Waals surface area contributed by atoms with Gasteiger partial charge in [-0.2, -0.15) is 0 Å². The first-order chi connectivity index (χ1) is 18.4. The molecule has 4 bridgehead atoms. The molecule has 2 aromatic rings. The fourth-order valence-electron chi connectivity index (χ4n) is 6.15. The summed E-state index contributed by atoms with van der Waals surface area (Å²) in [7, 11) is -0.263. The Balaban J connectivity index is 1.27.